The average molecular weight is 172 g/mol. The van der Waals surface area contributed by atoms with E-state index in [0.29, 0.717) is 0 Å². The molecule has 1 rings (SSSR count). The van der Waals surface area contributed by atoms with E-state index >= 15 is 0 Å². The van der Waals surface area contributed by atoms with Crippen LogP contribution in [0.3, 0.4) is 0 Å². The summed E-state index contributed by atoms with van der Waals surface area (Å²) in [6.07, 6.45) is 3.76. The van der Waals surface area contributed by atoms with Crippen molar-refractivity contribution in [1.82, 2.24) is 10.2 Å². The second kappa shape index (κ2) is 4.80. The fraction of sp³-hybridized carbons (Fsp3) is 1.00. The van der Waals surface area contributed by atoms with Crippen LogP contribution in [0.2, 0.25) is 0 Å². The molecule has 0 aromatic rings. The zero-order valence-corrected chi connectivity index (χ0v) is 8.08. The first-order valence-electron chi connectivity index (χ1n) is 4.76. The van der Waals surface area contributed by atoms with Gasteiger partial charge in [-0.15, -0.1) is 0 Å². The van der Waals surface area contributed by atoms with E-state index in [1.807, 2.05) is 7.05 Å². The van der Waals surface area contributed by atoms with E-state index < -0.39 is 0 Å². The molecule has 0 aromatic carbocycles. The van der Waals surface area contributed by atoms with Crippen molar-refractivity contribution in [2.75, 3.05) is 27.2 Å². The van der Waals surface area contributed by atoms with Gasteiger partial charge in [0.2, 0.25) is 0 Å². The van der Waals surface area contributed by atoms with Gasteiger partial charge in [0.05, 0.1) is 6.61 Å². The van der Waals surface area contributed by atoms with E-state index in [1.54, 1.807) is 0 Å². The minimum absolute atomic E-state index is 0.245. The molecule has 3 heteroatoms. The van der Waals surface area contributed by atoms with Crippen molar-refractivity contribution in [3.63, 3.8) is 0 Å². The fourth-order valence-corrected chi connectivity index (χ4v) is 1.38. The lowest BCUT2D eigenvalue weighted by molar-refractivity contribution is 0.221. The van der Waals surface area contributed by atoms with Crippen molar-refractivity contribution in [2.24, 2.45) is 0 Å². The number of likely N-dealkylation sites (N-methyl/N-ethyl adjacent to an activating group) is 1. The number of nitrogens with one attached hydrogen (secondary N) is 1. The number of aliphatic hydroxyl groups is 1. The second-order valence-electron chi connectivity index (χ2n) is 3.67. The number of aliphatic hydroxyl groups excluding tert-OH is 1. The molecule has 1 aliphatic carbocycles. The highest BCUT2D eigenvalue weighted by molar-refractivity contribution is 4.82. The third kappa shape index (κ3) is 3.09. The van der Waals surface area contributed by atoms with Crippen molar-refractivity contribution >= 4 is 0 Å². The molecular formula is C9H20N2O. The van der Waals surface area contributed by atoms with E-state index in [0.717, 1.165) is 19.0 Å². The summed E-state index contributed by atoms with van der Waals surface area (Å²) in [5, 5.41) is 12.0. The van der Waals surface area contributed by atoms with Crippen LogP contribution in [0.4, 0.5) is 0 Å². The van der Waals surface area contributed by atoms with Crippen LogP contribution in [0.25, 0.3) is 0 Å². The van der Waals surface area contributed by atoms with Crippen LogP contribution in [0, 0.1) is 0 Å². The third-order valence-corrected chi connectivity index (χ3v) is 2.63. The lowest BCUT2D eigenvalue weighted by Crippen LogP contribution is -2.34. The molecule has 1 atom stereocenters. The minimum atomic E-state index is 0.245. The zero-order valence-electron chi connectivity index (χ0n) is 8.08. The third-order valence-electron chi connectivity index (χ3n) is 2.63. The Morgan fingerprint density at radius 3 is 2.67 bits per heavy atom. The lowest BCUT2D eigenvalue weighted by atomic mass is 10.2. The molecule has 12 heavy (non-hydrogen) atoms. The molecule has 1 saturated carbocycles. The maximum Gasteiger partial charge on any atom is 0.0585 e. The minimum Gasteiger partial charge on any atom is -0.395 e. The first-order valence-corrected chi connectivity index (χ1v) is 4.76. The van der Waals surface area contributed by atoms with Gasteiger partial charge in [0.15, 0.2) is 0 Å². The smallest absolute Gasteiger partial charge is 0.0585 e. The van der Waals surface area contributed by atoms with Crippen molar-refractivity contribution in [3.05, 3.63) is 0 Å². The van der Waals surface area contributed by atoms with Gasteiger partial charge in [0.1, 0.15) is 0 Å². The Morgan fingerprint density at radius 1 is 1.58 bits per heavy atom. The summed E-state index contributed by atoms with van der Waals surface area (Å²) in [6, 6.07) is 1.10. The van der Waals surface area contributed by atoms with E-state index in [-0.39, 0.29) is 12.6 Å². The molecule has 0 aliphatic heterocycles. The van der Waals surface area contributed by atoms with Crippen LogP contribution in [0.5, 0.6) is 0 Å². The molecule has 2 N–H and O–H groups in total. The van der Waals surface area contributed by atoms with Crippen LogP contribution >= 0.6 is 0 Å². The molecule has 0 aromatic heterocycles. The van der Waals surface area contributed by atoms with Crippen LogP contribution in [-0.4, -0.2) is 49.3 Å². The Balaban J connectivity index is 2.05. The summed E-state index contributed by atoms with van der Waals surface area (Å²) < 4.78 is 0. The zero-order chi connectivity index (χ0) is 8.97. The van der Waals surface area contributed by atoms with Gasteiger partial charge in [-0.1, -0.05) is 0 Å². The highest BCUT2D eigenvalue weighted by Crippen LogP contribution is 2.25. The maximum absolute atomic E-state index is 8.91. The summed E-state index contributed by atoms with van der Waals surface area (Å²) in [5.41, 5.74) is 0. The predicted octanol–water partition coefficient (Wildman–Crippen LogP) is 0.0510. The van der Waals surface area contributed by atoms with Crippen molar-refractivity contribution in [1.29, 1.82) is 0 Å². The van der Waals surface area contributed by atoms with Gasteiger partial charge in [0, 0.05) is 12.1 Å². The Morgan fingerprint density at radius 2 is 2.25 bits per heavy atom. The molecule has 1 fully saturated rings. The largest absolute Gasteiger partial charge is 0.395 e. The molecule has 0 heterocycles. The monoisotopic (exact) mass is 172 g/mol. The van der Waals surface area contributed by atoms with Crippen molar-refractivity contribution in [2.45, 2.75) is 31.3 Å². The standard InChI is InChI=1S/C9H20N2O/c1-10-8(7-12)5-6-11(2)9-3-4-9/h8-10,12H,3-7H2,1-2H3. The van der Waals surface area contributed by atoms with Crippen LogP contribution in [0.15, 0.2) is 0 Å². The Hall–Kier alpha value is -0.120. The van der Waals surface area contributed by atoms with Crippen LogP contribution < -0.4 is 5.32 Å². The van der Waals surface area contributed by atoms with E-state index in [1.165, 1.54) is 12.8 Å². The molecule has 0 spiro atoms. The number of hydrogen-bond acceptors (Lipinski definition) is 3. The molecule has 1 aliphatic rings. The van der Waals surface area contributed by atoms with Crippen molar-refractivity contribution in [3.8, 4) is 0 Å². The molecule has 3 nitrogen and oxygen atoms in total. The molecule has 1 unspecified atom stereocenters. The van der Waals surface area contributed by atoms with Gasteiger partial charge in [-0.25, -0.2) is 0 Å². The molecule has 72 valence electrons. The first kappa shape index (κ1) is 9.96. The summed E-state index contributed by atoms with van der Waals surface area (Å²) in [6.45, 7) is 1.34. The molecule has 0 amide bonds. The number of rotatable bonds is 6. The van der Waals surface area contributed by atoms with E-state index in [4.69, 9.17) is 5.11 Å². The normalized spacial score (nSPS) is 20.0. The van der Waals surface area contributed by atoms with Crippen molar-refractivity contribution < 1.29 is 5.11 Å². The number of nitrogens with zero attached hydrogens (tertiary/aromatic N) is 1. The van der Waals surface area contributed by atoms with Gasteiger partial charge in [0.25, 0.3) is 0 Å². The van der Waals surface area contributed by atoms with Crippen LogP contribution in [0.1, 0.15) is 19.3 Å². The Kier molecular flexibility index (Phi) is 3.98. The molecular weight excluding hydrogens is 152 g/mol. The van der Waals surface area contributed by atoms with Gasteiger partial charge < -0.3 is 15.3 Å². The van der Waals surface area contributed by atoms with E-state index in [2.05, 4.69) is 17.3 Å². The first-order chi connectivity index (χ1) is 5.77. The summed E-state index contributed by atoms with van der Waals surface area (Å²) in [7, 11) is 4.07. The summed E-state index contributed by atoms with van der Waals surface area (Å²) >= 11 is 0. The topological polar surface area (TPSA) is 35.5 Å². The highest BCUT2D eigenvalue weighted by Gasteiger charge is 2.25. The van der Waals surface area contributed by atoms with Crippen LogP contribution in [-0.2, 0) is 0 Å². The molecule has 0 radical (unpaired) electrons. The van der Waals surface area contributed by atoms with Gasteiger partial charge in [-0.2, -0.15) is 0 Å². The summed E-state index contributed by atoms with van der Waals surface area (Å²) in [4.78, 5) is 2.39. The summed E-state index contributed by atoms with van der Waals surface area (Å²) in [5.74, 6) is 0. The maximum atomic E-state index is 8.91. The molecule has 0 bridgehead atoms. The number of hydrogen-bond donors (Lipinski definition) is 2. The van der Waals surface area contributed by atoms with Gasteiger partial charge in [-0.05, 0) is 39.9 Å². The van der Waals surface area contributed by atoms with E-state index in [9.17, 15) is 0 Å². The Bertz CT molecular complexity index is 120. The Labute approximate surface area is 74.8 Å². The predicted molar refractivity (Wildman–Crippen MR) is 50.2 cm³/mol. The van der Waals surface area contributed by atoms with Gasteiger partial charge in [-0.3, -0.25) is 0 Å². The molecule has 0 saturated heterocycles. The highest BCUT2D eigenvalue weighted by atomic mass is 16.3. The quantitative estimate of drug-likeness (QED) is 0.594. The fourth-order valence-electron chi connectivity index (χ4n) is 1.38. The van der Waals surface area contributed by atoms with Gasteiger partial charge >= 0.3 is 0 Å². The average Bonchev–Trinajstić information content (AvgIpc) is 2.88. The lowest BCUT2D eigenvalue weighted by Gasteiger charge is -2.19. The SMILES string of the molecule is CNC(CO)CCN(C)C1CC1. The second-order valence-corrected chi connectivity index (χ2v) is 3.67.